The van der Waals surface area contributed by atoms with Gasteiger partial charge in [0, 0.05) is 29.5 Å². The summed E-state index contributed by atoms with van der Waals surface area (Å²) in [7, 11) is 3.32. The number of carbonyl (C=O) groups excluding carboxylic acids is 1. The Labute approximate surface area is 218 Å². The van der Waals surface area contributed by atoms with Gasteiger partial charge >= 0.3 is 6.09 Å². The first-order valence-electron chi connectivity index (χ1n) is 12.7. The van der Waals surface area contributed by atoms with Crippen LogP contribution < -0.4 is 9.47 Å². The topological polar surface area (TPSA) is 70.1 Å². The maximum atomic E-state index is 13.2. The number of nitrogens with zero attached hydrogens (tertiary/aromatic N) is 2. The highest BCUT2D eigenvalue weighted by atomic mass is 16.6. The molecule has 5 rings (SSSR count). The molecule has 37 heavy (non-hydrogen) atoms. The Hall–Kier alpha value is -3.74. The molecule has 1 amide bonds. The van der Waals surface area contributed by atoms with Crippen molar-refractivity contribution in [3.63, 3.8) is 0 Å². The van der Waals surface area contributed by atoms with Crippen LogP contribution in [0.2, 0.25) is 0 Å². The Morgan fingerprint density at radius 3 is 2.43 bits per heavy atom. The van der Waals surface area contributed by atoms with Crippen molar-refractivity contribution in [2.45, 2.75) is 57.8 Å². The summed E-state index contributed by atoms with van der Waals surface area (Å²) >= 11 is 0. The van der Waals surface area contributed by atoms with Crippen LogP contribution in [0.1, 0.15) is 40.0 Å². The number of fused-ring (bicyclic) bond motifs is 1. The number of hydrogen-bond acceptors (Lipinski definition) is 6. The highest BCUT2D eigenvalue weighted by Gasteiger charge is 2.43. The van der Waals surface area contributed by atoms with Crippen LogP contribution >= 0.6 is 0 Å². The monoisotopic (exact) mass is 502 g/mol. The summed E-state index contributed by atoms with van der Waals surface area (Å²) in [6.07, 6.45) is 2.04. The zero-order valence-corrected chi connectivity index (χ0v) is 22.1. The van der Waals surface area contributed by atoms with Gasteiger partial charge in [-0.25, -0.2) is 9.78 Å². The molecule has 0 unspecified atom stereocenters. The summed E-state index contributed by atoms with van der Waals surface area (Å²) in [5.74, 6) is 2.32. The minimum absolute atomic E-state index is 0.218. The van der Waals surface area contributed by atoms with Crippen molar-refractivity contribution in [3.8, 4) is 22.8 Å². The van der Waals surface area contributed by atoms with E-state index < -0.39 is 5.60 Å². The highest BCUT2D eigenvalue weighted by molar-refractivity contribution is 5.89. The Morgan fingerprint density at radius 1 is 1.03 bits per heavy atom. The Bertz CT molecular complexity index is 1320. The lowest BCUT2D eigenvalue weighted by Crippen LogP contribution is -2.41. The molecule has 2 aromatic carbocycles. The fourth-order valence-corrected chi connectivity index (χ4v) is 4.82. The van der Waals surface area contributed by atoms with Crippen molar-refractivity contribution < 1.29 is 23.7 Å². The molecule has 1 saturated carbocycles. The number of carbonyl (C=O) groups is 1. The number of aromatic nitrogens is 1. The third kappa shape index (κ3) is 5.50. The van der Waals surface area contributed by atoms with Crippen LogP contribution in [0.25, 0.3) is 22.2 Å². The van der Waals surface area contributed by atoms with Crippen molar-refractivity contribution in [3.05, 3.63) is 65.9 Å². The largest absolute Gasteiger partial charge is 0.499 e. The lowest BCUT2D eigenvalue weighted by Gasteiger charge is -2.29. The summed E-state index contributed by atoms with van der Waals surface area (Å²) in [5, 5.41) is 0.889. The third-order valence-electron chi connectivity index (χ3n) is 6.60. The Kier molecular flexibility index (Phi) is 6.71. The van der Waals surface area contributed by atoms with Gasteiger partial charge in [-0.3, -0.25) is 4.90 Å². The molecule has 7 nitrogen and oxygen atoms in total. The van der Waals surface area contributed by atoms with Crippen molar-refractivity contribution in [1.82, 2.24) is 9.88 Å². The van der Waals surface area contributed by atoms with E-state index >= 15 is 0 Å². The summed E-state index contributed by atoms with van der Waals surface area (Å²) < 4.78 is 23.6. The minimum Gasteiger partial charge on any atom is -0.499 e. The first-order valence-corrected chi connectivity index (χ1v) is 12.7. The molecular formula is C30H34N2O5. The fraction of sp³-hybridized carbons (Fsp3) is 0.400. The fourth-order valence-electron chi connectivity index (χ4n) is 4.82. The lowest BCUT2D eigenvalue weighted by molar-refractivity contribution is 0.0200. The van der Waals surface area contributed by atoms with Gasteiger partial charge in [0.1, 0.15) is 29.0 Å². The van der Waals surface area contributed by atoms with Gasteiger partial charge in [0.25, 0.3) is 0 Å². The second kappa shape index (κ2) is 9.96. The third-order valence-corrected chi connectivity index (χ3v) is 6.60. The molecule has 2 aliphatic rings. The van der Waals surface area contributed by atoms with E-state index in [1.807, 2.05) is 75.4 Å². The van der Waals surface area contributed by atoms with E-state index in [1.165, 1.54) is 5.57 Å². The maximum Gasteiger partial charge on any atom is 0.411 e. The molecule has 0 radical (unpaired) electrons. The van der Waals surface area contributed by atoms with Crippen LogP contribution in [0.5, 0.6) is 11.5 Å². The molecule has 2 heterocycles. The summed E-state index contributed by atoms with van der Waals surface area (Å²) in [5.41, 5.74) is 3.26. The predicted molar refractivity (Wildman–Crippen MR) is 143 cm³/mol. The Morgan fingerprint density at radius 2 is 1.78 bits per heavy atom. The van der Waals surface area contributed by atoms with E-state index in [0.717, 1.165) is 52.3 Å². The van der Waals surface area contributed by atoms with Crippen LogP contribution in [-0.4, -0.2) is 54.5 Å². The van der Waals surface area contributed by atoms with E-state index in [2.05, 4.69) is 0 Å². The van der Waals surface area contributed by atoms with Gasteiger partial charge in [0.05, 0.1) is 38.0 Å². The van der Waals surface area contributed by atoms with Crippen LogP contribution in [-0.2, 0) is 9.47 Å². The molecule has 1 aliphatic heterocycles. The molecule has 194 valence electrons. The molecule has 7 heteroatoms. The number of ether oxygens (including phenoxy) is 4. The predicted octanol–water partition coefficient (Wildman–Crippen LogP) is 6.36. The van der Waals surface area contributed by atoms with Gasteiger partial charge in [-0.15, -0.1) is 0 Å². The number of methoxy groups -OCH3 is 2. The summed E-state index contributed by atoms with van der Waals surface area (Å²) in [4.78, 5) is 19.8. The van der Waals surface area contributed by atoms with Crippen LogP contribution in [0.4, 0.5) is 4.79 Å². The molecule has 1 aromatic heterocycles. The normalized spacial score (nSPS) is 19.1. The van der Waals surface area contributed by atoms with Gasteiger partial charge in [0.2, 0.25) is 0 Å². The quantitative estimate of drug-likeness (QED) is 0.365. The average molecular weight is 503 g/mol. The Balaban J connectivity index is 1.50. The van der Waals surface area contributed by atoms with Crippen molar-refractivity contribution in [2.24, 2.45) is 0 Å². The number of allylic oxidation sites excluding steroid dienone is 1. The summed E-state index contributed by atoms with van der Waals surface area (Å²) in [6.45, 7) is 6.04. The van der Waals surface area contributed by atoms with Crippen LogP contribution in [0, 0.1) is 0 Å². The van der Waals surface area contributed by atoms with E-state index in [-0.39, 0.29) is 18.2 Å². The number of likely N-dealkylation sites (tertiary alicyclic amines) is 1. The molecule has 0 N–H and O–H groups in total. The van der Waals surface area contributed by atoms with Crippen molar-refractivity contribution >= 4 is 17.0 Å². The standard InChI is InChI=1S/C30H34N2O5/c1-30(2,3)37-29(33)32-18-22(16-26(32)28(35-5)20-11-12-20)36-27-17-24(19-9-7-6-8-10-19)31-25-15-21(34-4)13-14-23(25)27/h6-10,13-15,17,22,26H,11-12,16,18H2,1-5H3/t22-,26+/m1/s1. The number of amides is 1. The maximum absolute atomic E-state index is 13.2. The van der Waals surface area contributed by atoms with E-state index in [0.29, 0.717) is 13.0 Å². The number of pyridine rings is 1. The van der Waals surface area contributed by atoms with E-state index in [4.69, 9.17) is 23.9 Å². The van der Waals surface area contributed by atoms with Crippen LogP contribution in [0.3, 0.4) is 0 Å². The zero-order chi connectivity index (χ0) is 26.2. The molecule has 1 saturated heterocycles. The second-order valence-corrected chi connectivity index (χ2v) is 10.6. The number of hydrogen-bond donors (Lipinski definition) is 0. The average Bonchev–Trinajstić information content (AvgIpc) is 3.63. The number of benzene rings is 2. The molecule has 2 fully saturated rings. The molecule has 3 aromatic rings. The first kappa shape index (κ1) is 24.9. The van der Waals surface area contributed by atoms with E-state index in [9.17, 15) is 4.79 Å². The number of rotatable bonds is 6. The van der Waals surface area contributed by atoms with Crippen molar-refractivity contribution in [1.29, 1.82) is 0 Å². The smallest absolute Gasteiger partial charge is 0.411 e. The first-order chi connectivity index (χ1) is 17.8. The molecule has 0 spiro atoms. The highest BCUT2D eigenvalue weighted by Crippen LogP contribution is 2.40. The van der Waals surface area contributed by atoms with Gasteiger partial charge in [-0.1, -0.05) is 30.3 Å². The van der Waals surface area contributed by atoms with Gasteiger partial charge in [-0.05, 0) is 51.3 Å². The van der Waals surface area contributed by atoms with Gasteiger partial charge in [0.15, 0.2) is 0 Å². The summed E-state index contributed by atoms with van der Waals surface area (Å²) in [6, 6.07) is 17.6. The zero-order valence-electron chi connectivity index (χ0n) is 22.1. The molecule has 1 aliphatic carbocycles. The van der Waals surface area contributed by atoms with Crippen molar-refractivity contribution in [2.75, 3.05) is 20.8 Å². The molecule has 2 atom stereocenters. The molecular weight excluding hydrogens is 468 g/mol. The van der Waals surface area contributed by atoms with E-state index in [1.54, 1.807) is 19.1 Å². The van der Waals surface area contributed by atoms with Gasteiger partial charge in [-0.2, -0.15) is 0 Å². The van der Waals surface area contributed by atoms with Crippen LogP contribution in [0.15, 0.2) is 65.9 Å². The lowest BCUT2D eigenvalue weighted by atomic mass is 10.1. The SMILES string of the molecule is COC(=C1CC1)[C@@H]1C[C@@H](Oc2cc(-c3ccccc3)nc3cc(OC)ccc23)CN1C(=O)OC(C)(C)C. The molecule has 0 bridgehead atoms. The second-order valence-electron chi connectivity index (χ2n) is 10.6. The van der Waals surface area contributed by atoms with Gasteiger partial charge < -0.3 is 18.9 Å². The minimum atomic E-state index is -0.592.